The number of hydrogen-bond donors (Lipinski definition) is 1. The van der Waals surface area contributed by atoms with E-state index in [1.165, 1.54) is 11.3 Å². The maximum absolute atomic E-state index is 13.4. The van der Waals surface area contributed by atoms with Gasteiger partial charge in [-0.1, -0.05) is 17.3 Å². The van der Waals surface area contributed by atoms with Gasteiger partial charge in [0.05, 0.1) is 16.1 Å². The van der Waals surface area contributed by atoms with Crippen molar-refractivity contribution in [1.29, 1.82) is 0 Å². The molecular weight excluding hydrogens is 534 g/mol. The highest BCUT2D eigenvalue weighted by Gasteiger charge is 2.31. The van der Waals surface area contributed by atoms with Gasteiger partial charge in [-0.05, 0) is 58.6 Å². The van der Waals surface area contributed by atoms with Crippen LogP contribution in [0.4, 0.5) is 5.82 Å². The quantitative estimate of drug-likeness (QED) is 0.322. The van der Waals surface area contributed by atoms with Crippen LogP contribution < -0.4 is 5.32 Å². The van der Waals surface area contributed by atoms with Gasteiger partial charge >= 0.3 is 0 Å². The fourth-order valence-corrected chi connectivity index (χ4v) is 7.82. The molecule has 1 saturated heterocycles. The Morgan fingerprint density at radius 2 is 1.87 bits per heavy atom. The molecule has 4 heterocycles. The Balaban J connectivity index is 1.20. The molecule has 0 bridgehead atoms. The average Bonchev–Trinajstić information content (AvgIpc) is 3.52. The normalized spacial score (nSPS) is 16.3. The third kappa shape index (κ3) is 5.85. The largest absolute Gasteiger partial charge is 0.366 e. The molecule has 1 aromatic carbocycles. The number of aromatic nitrogens is 3. The highest BCUT2D eigenvalue weighted by molar-refractivity contribution is 7.91. The van der Waals surface area contributed by atoms with Crippen LogP contribution in [-0.2, 0) is 16.6 Å². The lowest BCUT2D eigenvalue weighted by Crippen LogP contribution is -2.50. The van der Waals surface area contributed by atoms with Gasteiger partial charge in [-0.2, -0.15) is 4.31 Å². The maximum Gasteiger partial charge on any atom is 0.252 e. The number of hydrogen-bond acceptors (Lipinski definition) is 10. The second-order valence-corrected chi connectivity index (χ2v) is 13.6. The van der Waals surface area contributed by atoms with Crippen LogP contribution in [0.2, 0.25) is 0 Å². The number of piperazine rings is 1. The van der Waals surface area contributed by atoms with Crippen molar-refractivity contribution >= 4 is 38.1 Å². The fraction of sp³-hybridized carbons (Fsp3) is 0.444. The summed E-state index contributed by atoms with van der Waals surface area (Å²) >= 11 is 1.23. The number of nitrogens with one attached hydrogen (secondary N) is 1. The monoisotopic (exact) mass is 569 g/mol. The summed E-state index contributed by atoms with van der Waals surface area (Å²) in [6.45, 7) is 9.76. The van der Waals surface area contributed by atoms with Crippen molar-refractivity contribution in [2.75, 3.05) is 52.1 Å². The molecule has 1 aliphatic heterocycles. The van der Waals surface area contributed by atoms with Crippen LogP contribution in [0.15, 0.2) is 45.4 Å². The van der Waals surface area contributed by atoms with Crippen molar-refractivity contribution < 1.29 is 12.9 Å². The lowest BCUT2D eigenvalue weighted by molar-refractivity contribution is 0.184. The molecule has 3 aromatic heterocycles. The zero-order chi connectivity index (χ0) is 27.7. The average molecular weight is 570 g/mol. The van der Waals surface area contributed by atoms with Gasteiger partial charge in [0.15, 0.2) is 5.76 Å². The van der Waals surface area contributed by atoms with Gasteiger partial charge in [0.25, 0.3) is 10.0 Å². The Morgan fingerprint density at radius 3 is 2.56 bits per heavy atom. The minimum atomic E-state index is -3.57. The van der Waals surface area contributed by atoms with E-state index in [2.05, 4.69) is 43.2 Å². The summed E-state index contributed by atoms with van der Waals surface area (Å²) in [6.07, 6.45) is 1.61. The van der Waals surface area contributed by atoms with Crippen LogP contribution in [0.25, 0.3) is 21.5 Å². The lowest BCUT2D eigenvalue weighted by Gasteiger charge is -2.35. The smallest absolute Gasteiger partial charge is 0.252 e. The molecule has 12 heteroatoms. The Kier molecular flexibility index (Phi) is 8.01. The summed E-state index contributed by atoms with van der Waals surface area (Å²) in [5, 5.41) is 8.55. The predicted octanol–water partition coefficient (Wildman–Crippen LogP) is 3.83. The Labute approximate surface area is 233 Å². The van der Waals surface area contributed by atoms with Gasteiger partial charge in [-0.3, -0.25) is 4.90 Å². The Bertz CT molecular complexity index is 1560. The van der Waals surface area contributed by atoms with Crippen LogP contribution in [0, 0.1) is 13.8 Å². The van der Waals surface area contributed by atoms with E-state index >= 15 is 0 Å². The minimum absolute atomic E-state index is 0.122. The maximum atomic E-state index is 13.4. The lowest BCUT2D eigenvalue weighted by atomic mass is 10.1. The van der Waals surface area contributed by atoms with Crippen molar-refractivity contribution in [3.8, 4) is 10.6 Å². The summed E-state index contributed by atoms with van der Waals surface area (Å²) in [5.41, 5.74) is 3.86. The topological polar surface area (TPSA) is 108 Å². The molecule has 0 amide bonds. The van der Waals surface area contributed by atoms with Crippen molar-refractivity contribution in [3.63, 3.8) is 0 Å². The number of para-hydroxylation sites is 1. The van der Waals surface area contributed by atoms with Crippen LogP contribution >= 0.6 is 11.3 Å². The molecule has 10 nitrogen and oxygen atoms in total. The first kappa shape index (κ1) is 27.7. The summed E-state index contributed by atoms with van der Waals surface area (Å²) in [5.74, 6) is 1.45. The number of anilines is 1. The van der Waals surface area contributed by atoms with Crippen LogP contribution in [-0.4, -0.2) is 90.5 Å². The van der Waals surface area contributed by atoms with E-state index in [0.29, 0.717) is 36.1 Å². The van der Waals surface area contributed by atoms with Gasteiger partial charge < -0.3 is 14.7 Å². The molecule has 1 unspecified atom stereocenters. The van der Waals surface area contributed by atoms with Gasteiger partial charge in [0.2, 0.25) is 0 Å². The zero-order valence-electron chi connectivity index (χ0n) is 23.0. The van der Waals surface area contributed by atoms with E-state index < -0.39 is 10.0 Å². The van der Waals surface area contributed by atoms with Gasteiger partial charge in [-0.15, -0.1) is 11.3 Å². The van der Waals surface area contributed by atoms with Gasteiger partial charge in [-0.25, -0.2) is 18.4 Å². The Morgan fingerprint density at radius 1 is 1.10 bits per heavy atom. The number of fused-ring (bicyclic) bond motifs is 1. The second-order valence-electron chi connectivity index (χ2n) is 10.4. The molecule has 0 aliphatic carbocycles. The van der Waals surface area contributed by atoms with E-state index in [9.17, 15) is 8.42 Å². The van der Waals surface area contributed by atoms with Gasteiger partial charge in [0, 0.05) is 56.3 Å². The number of benzene rings is 1. The molecule has 0 spiro atoms. The number of nitrogens with zero attached hydrogens (tertiary/aromatic N) is 6. The SMILES string of the molecule is Cc1noc(-c2ccc(S(=O)(=O)N3CCN(CC(C)Nc4ncnc5c(CN(C)C)cccc45)CC3)s2)c1C. The number of sulfonamides is 1. The molecule has 1 atom stereocenters. The number of rotatable bonds is 9. The minimum Gasteiger partial charge on any atom is -0.366 e. The van der Waals surface area contributed by atoms with Crippen molar-refractivity contribution in [2.24, 2.45) is 0 Å². The molecule has 208 valence electrons. The summed E-state index contributed by atoms with van der Waals surface area (Å²) in [4.78, 5) is 14.3. The fourth-order valence-electron chi connectivity index (χ4n) is 4.90. The first-order chi connectivity index (χ1) is 18.6. The van der Waals surface area contributed by atoms with Crippen LogP contribution in [0.5, 0.6) is 0 Å². The molecule has 0 radical (unpaired) electrons. The van der Waals surface area contributed by atoms with Crippen molar-refractivity contribution in [3.05, 3.63) is 53.5 Å². The van der Waals surface area contributed by atoms with E-state index in [4.69, 9.17) is 4.52 Å². The number of aryl methyl sites for hydroxylation is 1. The molecule has 5 rings (SSSR count). The van der Waals surface area contributed by atoms with E-state index in [0.717, 1.165) is 51.5 Å². The standard InChI is InChI=1S/C27H35N7O3S2/c1-18(30-27-22-8-6-7-21(16-32(4)5)25(22)28-17-29-27)15-33-11-13-34(14-12-33)39(35,36)24-10-9-23(38-24)26-19(2)20(3)31-37-26/h6-10,17-18H,11-16H2,1-5H3,(H,28,29,30). The third-order valence-corrected chi connectivity index (χ3v) is 10.5. The van der Waals surface area contributed by atoms with Crippen LogP contribution in [0.3, 0.4) is 0 Å². The molecule has 1 N–H and O–H groups in total. The molecular formula is C27H35N7O3S2. The predicted molar refractivity (Wildman–Crippen MR) is 155 cm³/mol. The van der Waals surface area contributed by atoms with Gasteiger partial charge in [0.1, 0.15) is 16.4 Å². The summed E-state index contributed by atoms with van der Waals surface area (Å²) < 4.78 is 34.0. The Hall–Kier alpha value is -2.90. The number of thiophene rings is 1. The molecule has 0 saturated carbocycles. The van der Waals surface area contributed by atoms with Crippen LogP contribution in [0.1, 0.15) is 23.7 Å². The summed E-state index contributed by atoms with van der Waals surface area (Å²) in [6, 6.07) is 9.79. The molecule has 39 heavy (non-hydrogen) atoms. The highest BCUT2D eigenvalue weighted by Crippen LogP contribution is 2.35. The molecule has 4 aromatic rings. The molecule has 1 fully saturated rings. The highest BCUT2D eigenvalue weighted by atomic mass is 32.2. The zero-order valence-corrected chi connectivity index (χ0v) is 24.6. The third-order valence-electron chi connectivity index (χ3n) is 7.04. The first-order valence-corrected chi connectivity index (χ1v) is 15.3. The van der Waals surface area contributed by atoms with Crippen molar-refractivity contribution in [1.82, 2.24) is 29.2 Å². The summed E-state index contributed by atoms with van der Waals surface area (Å²) in [7, 11) is 0.526. The first-order valence-electron chi connectivity index (χ1n) is 13.0. The second kappa shape index (κ2) is 11.3. The van der Waals surface area contributed by atoms with E-state index in [-0.39, 0.29) is 6.04 Å². The van der Waals surface area contributed by atoms with Crippen molar-refractivity contribution in [2.45, 2.75) is 37.6 Å². The molecule has 1 aliphatic rings. The van der Waals surface area contributed by atoms with E-state index in [1.54, 1.807) is 22.8 Å². The van der Waals surface area contributed by atoms with E-state index in [1.807, 2.05) is 40.1 Å².